The highest BCUT2D eigenvalue weighted by molar-refractivity contribution is 7.90. The van der Waals surface area contributed by atoms with Crippen LogP contribution in [-0.2, 0) is 26.2 Å². The number of carbonyl (C=O) groups is 3. The molecule has 1 aliphatic carbocycles. The van der Waals surface area contributed by atoms with Crippen molar-refractivity contribution in [2.45, 2.75) is 69.0 Å². The Bertz CT molecular complexity index is 1260. The molecule has 8 nitrogen and oxygen atoms in total. The second kappa shape index (κ2) is 10.8. The monoisotopic (exact) mass is 515 g/mol. The lowest BCUT2D eigenvalue weighted by molar-refractivity contribution is -0.141. The fourth-order valence-electron chi connectivity index (χ4n) is 4.75. The fraction of sp³-hybridized carbons (Fsp3) is 0.423. The smallest absolute Gasteiger partial charge is 0.269 e. The quantitative estimate of drug-likeness (QED) is 0.581. The van der Waals surface area contributed by atoms with E-state index in [1.165, 1.54) is 41.3 Å². The largest absolute Gasteiger partial charge is 0.352 e. The predicted octanol–water partition coefficient (Wildman–Crippen LogP) is 3.23. The summed E-state index contributed by atoms with van der Waals surface area (Å²) in [7, 11) is -4.06. The Hall–Kier alpha value is -3.27. The van der Waals surface area contributed by atoms with Gasteiger partial charge in [-0.25, -0.2) is 17.1 Å². The van der Waals surface area contributed by atoms with Crippen molar-refractivity contribution in [3.63, 3.8) is 0 Å². The molecule has 1 heterocycles. The number of nitrogens with one attached hydrogen (secondary N) is 1. The van der Waals surface area contributed by atoms with E-state index in [0.29, 0.717) is 4.31 Å². The molecule has 0 unspecified atom stereocenters. The highest BCUT2D eigenvalue weighted by Gasteiger charge is 2.41. The molecule has 1 aliphatic heterocycles. The first-order valence-corrected chi connectivity index (χ1v) is 13.6. The van der Waals surface area contributed by atoms with Gasteiger partial charge in [0.15, 0.2) is 0 Å². The van der Waals surface area contributed by atoms with Gasteiger partial charge < -0.3 is 10.2 Å². The zero-order valence-corrected chi connectivity index (χ0v) is 21.0. The number of halogens is 1. The Morgan fingerprint density at radius 2 is 1.75 bits per heavy atom. The molecular formula is C26H30FN3O5S. The lowest BCUT2D eigenvalue weighted by Crippen LogP contribution is -2.51. The first-order valence-electron chi connectivity index (χ1n) is 12.2. The van der Waals surface area contributed by atoms with E-state index in [1.54, 1.807) is 19.1 Å². The van der Waals surface area contributed by atoms with Crippen molar-refractivity contribution in [3.8, 4) is 0 Å². The molecule has 2 aromatic carbocycles. The van der Waals surface area contributed by atoms with Crippen LogP contribution in [-0.4, -0.2) is 54.0 Å². The summed E-state index contributed by atoms with van der Waals surface area (Å²) in [4.78, 5) is 40.2. The minimum atomic E-state index is -4.06. The van der Waals surface area contributed by atoms with Crippen molar-refractivity contribution in [3.05, 3.63) is 65.5 Å². The Labute approximate surface area is 210 Å². The van der Waals surface area contributed by atoms with E-state index in [4.69, 9.17) is 0 Å². The van der Waals surface area contributed by atoms with E-state index in [-0.39, 0.29) is 47.5 Å². The summed E-state index contributed by atoms with van der Waals surface area (Å²) in [5.74, 6) is -2.10. The van der Waals surface area contributed by atoms with Crippen molar-refractivity contribution in [2.24, 2.45) is 0 Å². The van der Waals surface area contributed by atoms with E-state index in [2.05, 4.69) is 5.32 Å². The maximum Gasteiger partial charge on any atom is 0.269 e. The highest BCUT2D eigenvalue weighted by atomic mass is 32.2. The Morgan fingerprint density at radius 1 is 1.08 bits per heavy atom. The van der Waals surface area contributed by atoms with E-state index in [9.17, 15) is 27.2 Å². The van der Waals surface area contributed by atoms with Crippen molar-refractivity contribution in [1.82, 2.24) is 14.5 Å². The molecule has 1 saturated carbocycles. The predicted molar refractivity (Wildman–Crippen MR) is 131 cm³/mol. The van der Waals surface area contributed by atoms with Gasteiger partial charge in [0.05, 0.1) is 5.56 Å². The Kier molecular flexibility index (Phi) is 7.73. The van der Waals surface area contributed by atoms with Crippen LogP contribution in [0.15, 0.2) is 53.4 Å². The molecule has 0 saturated heterocycles. The number of amides is 3. The van der Waals surface area contributed by atoms with Gasteiger partial charge >= 0.3 is 0 Å². The fourth-order valence-corrected chi connectivity index (χ4v) is 6.32. The summed E-state index contributed by atoms with van der Waals surface area (Å²) in [5.41, 5.74) is 0.300. The third-order valence-electron chi connectivity index (χ3n) is 6.86. The lowest BCUT2D eigenvalue weighted by Gasteiger charge is -2.31. The molecular weight excluding hydrogens is 485 g/mol. The van der Waals surface area contributed by atoms with Crippen molar-refractivity contribution in [1.29, 1.82) is 0 Å². The molecule has 36 heavy (non-hydrogen) atoms. The number of fused-ring (bicyclic) bond motifs is 1. The summed E-state index contributed by atoms with van der Waals surface area (Å²) < 4.78 is 40.8. The normalized spacial score (nSPS) is 17.9. The average Bonchev–Trinajstić information content (AvgIpc) is 3.07. The number of hydrogen-bond acceptors (Lipinski definition) is 5. The van der Waals surface area contributed by atoms with Gasteiger partial charge in [-0.2, -0.15) is 0 Å². The summed E-state index contributed by atoms with van der Waals surface area (Å²) in [6, 6.07) is 11.0. The number of nitrogens with zero attached hydrogens (tertiary/aromatic N) is 2. The van der Waals surface area contributed by atoms with Crippen LogP contribution in [0.2, 0.25) is 0 Å². The van der Waals surface area contributed by atoms with Crippen LogP contribution in [0.3, 0.4) is 0 Å². The maximum atomic E-state index is 14.4. The average molecular weight is 516 g/mol. The van der Waals surface area contributed by atoms with Crippen LogP contribution in [0.1, 0.15) is 61.4 Å². The molecule has 192 valence electrons. The van der Waals surface area contributed by atoms with Crippen LogP contribution in [0.4, 0.5) is 4.39 Å². The van der Waals surface area contributed by atoms with Gasteiger partial charge in [-0.3, -0.25) is 14.4 Å². The third kappa shape index (κ3) is 5.28. The lowest BCUT2D eigenvalue weighted by atomic mass is 9.95. The molecule has 2 aromatic rings. The van der Waals surface area contributed by atoms with Crippen molar-refractivity contribution in [2.75, 3.05) is 6.54 Å². The Balaban J connectivity index is 1.51. The standard InChI is InChI=1S/C26H30FN3O5S/c1-18(25(32)28-20-10-3-2-4-11-20)29(17-19-9-5-7-13-22(19)27)24(31)15-16-30-26(33)21-12-6-8-14-23(21)36(30,34)35/h5-9,12-14,18,20H,2-4,10-11,15-17H2,1H3,(H,28,32)/t18-/m0/s1. The molecule has 3 amide bonds. The van der Waals surface area contributed by atoms with Crippen LogP contribution in [0, 0.1) is 5.82 Å². The first-order chi connectivity index (χ1) is 17.2. The topological polar surface area (TPSA) is 104 Å². The van der Waals surface area contributed by atoms with Gasteiger partial charge in [0.2, 0.25) is 11.8 Å². The molecule has 1 N–H and O–H groups in total. The Morgan fingerprint density at radius 3 is 2.44 bits per heavy atom. The zero-order chi connectivity index (χ0) is 25.9. The zero-order valence-electron chi connectivity index (χ0n) is 20.2. The van der Waals surface area contributed by atoms with Gasteiger partial charge in [0.1, 0.15) is 16.8 Å². The van der Waals surface area contributed by atoms with Gasteiger partial charge in [-0.05, 0) is 38.0 Å². The molecule has 0 spiro atoms. The molecule has 0 aromatic heterocycles. The molecule has 2 aliphatic rings. The van der Waals surface area contributed by atoms with Crippen LogP contribution in [0.5, 0.6) is 0 Å². The second-order valence-electron chi connectivity index (χ2n) is 9.26. The number of sulfonamides is 1. The summed E-state index contributed by atoms with van der Waals surface area (Å²) in [6.07, 6.45) is 4.58. The van der Waals surface area contributed by atoms with Gasteiger partial charge in [-0.15, -0.1) is 0 Å². The number of hydrogen-bond donors (Lipinski definition) is 1. The van der Waals surface area contributed by atoms with E-state index in [0.717, 1.165) is 32.1 Å². The molecule has 0 bridgehead atoms. The maximum absolute atomic E-state index is 14.4. The molecule has 10 heteroatoms. The summed E-state index contributed by atoms with van der Waals surface area (Å²) >= 11 is 0. The number of carbonyl (C=O) groups excluding carboxylic acids is 3. The van der Waals surface area contributed by atoms with Crippen LogP contribution < -0.4 is 5.32 Å². The van der Waals surface area contributed by atoms with Crippen LogP contribution in [0.25, 0.3) is 0 Å². The van der Waals surface area contributed by atoms with E-state index in [1.807, 2.05) is 0 Å². The van der Waals surface area contributed by atoms with E-state index >= 15 is 0 Å². The molecule has 0 radical (unpaired) electrons. The molecule has 4 rings (SSSR count). The van der Waals surface area contributed by atoms with Crippen molar-refractivity contribution >= 4 is 27.7 Å². The highest BCUT2D eigenvalue weighted by Crippen LogP contribution is 2.30. The van der Waals surface area contributed by atoms with Gasteiger partial charge in [-0.1, -0.05) is 49.6 Å². The molecule has 1 fully saturated rings. The molecule has 1 atom stereocenters. The third-order valence-corrected chi connectivity index (χ3v) is 8.70. The van der Waals surface area contributed by atoms with Crippen molar-refractivity contribution < 1.29 is 27.2 Å². The van der Waals surface area contributed by atoms with Gasteiger partial charge in [0.25, 0.3) is 15.9 Å². The SMILES string of the molecule is C[C@@H](C(=O)NC1CCCCC1)N(Cc1ccccc1F)C(=O)CCN1C(=O)c2ccccc2S1(=O)=O. The summed E-state index contributed by atoms with van der Waals surface area (Å²) in [5, 5.41) is 3.00. The second-order valence-corrected chi connectivity index (χ2v) is 11.1. The number of benzene rings is 2. The summed E-state index contributed by atoms with van der Waals surface area (Å²) in [6.45, 7) is 1.04. The van der Waals surface area contributed by atoms with E-state index < -0.39 is 33.7 Å². The number of rotatable bonds is 8. The minimum Gasteiger partial charge on any atom is -0.352 e. The minimum absolute atomic E-state index is 0.0324. The first kappa shape index (κ1) is 25.8. The van der Waals surface area contributed by atoms with Crippen LogP contribution >= 0.6 is 0 Å². The van der Waals surface area contributed by atoms with Gasteiger partial charge in [0, 0.05) is 31.1 Å².